The Balaban J connectivity index is 2.01. The summed E-state index contributed by atoms with van der Waals surface area (Å²) in [5.74, 6) is 1.33. The van der Waals surface area contributed by atoms with E-state index in [9.17, 15) is 0 Å². The van der Waals surface area contributed by atoms with Crippen LogP contribution in [-0.2, 0) is 12.8 Å². The van der Waals surface area contributed by atoms with E-state index in [1.54, 1.807) is 7.11 Å². The third-order valence-electron chi connectivity index (χ3n) is 4.05. The van der Waals surface area contributed by atoms with Gasteiger partial charge >= 0.3 is 0 Å². The zero-order valence-electron chi connectivity index (χ0n) is 12.1. The quantitative estimate of drug-likeness (QED) is 0.711. The van der Waals surface area contributed by atoms with Crippen LogP contribution < -0.4 is 16.2 Å². The summed E-state index contributed by atoms with van der Waals surface area (Å²) >= 11 is 0. The average molecular weight is 293 g/mol. The van der Waals surface area contributed by atoms with Gasteiger partial charge in [0, 0.05) is 5.56 Å². The van der Waals surface area contributed by atoms with Crippen molar-refractivity contribution in [1.82, 2.24) is 15.0 Å². The molecule has 0 bridgehead atoms. The maximum absolute atomic E-state index is 5.97. The molecule has 0 fully saturated rings. The van der Waals surface area contributed by atoms with Crippen LogP contribution in [0.5, 0.6) is 5.75 Å². The van der Waals surface area contributed by atoms with Gasteiger partial charge in [0.15, 0.2) is 5.65 Å². The van der Waals surface area contributed by atoms with E-state index in [-0.39, 0.29) is 5.95 Å². The van der Waals surface area contributed by atoms with Crippen molar-refractivity contribution in [2.24, 2.45) is 0 Å². The van der Waals surface area contributed by atoms with E-state index in [2.05, 4.69) is 21.0 Å². The molecule has 6 nitrogen and oxygen atoms in total. The minimum atomic E-state index is 0.148. The Labute approximate surface area is 127 Å². The Kier molecular flexibility index (Phi) is 2.66. The largest absolute Gasteiger partial charge is 0.497 e. The van der Waals surface area contributed by atoms with Crippen LogP contribution in [0.2, 0.25) is 0 Å². The van der Waals surface area contributed by atoms with Gasteiger partial charge in [0.05, 0.1) is 18.2 Å². The SMILES string of the molecule is COc1ccc2c(c1)-c1cc3c(N)nc(N)nc3nc1CC2. The van der Waals surface area contributed by atoms with Crippen molar-refractivity contribution in [2.75, 3.05) is 18.6 Å². The van der Waals surface area contributed by atoms with Crippen LogP contribution in [0.4, 0.5) is 11.8 Å². The first kappa shape index (κ1) is 12.8. The zero-order chi connectivity index (χ0) is 15.3. The number of pyridine rings is 1. The first-order chi connectivity index (χ1) is 10.7. The highest BCUT2D eigenvalue weighted by Gasteiger charge is 2.20. The van der Waals surface area contributed by atoms with Crippen LogP contribution in [0.15, 0.2) is 24.3 Å². The molecular weight excluding hydrogens is 278 g/mol. The molecule has 0 saturated heterocycles. The smallest absolute Gasteiger partial charge is 0.224 e. The summed E-state index contributed by atoms with van der Waals surface area (Å²) in [6, 6.07) is 8.12. The summed E-state index contributed by atoms with van der Waals surface area (Å²) in [4.78, 5) is 12.8. The number of rotatable bonds is 1. The van der Waals surface area contributed by atoms with Crippen LogP contribution in [0.25, 0.3) is 22.2 Å². The van der Waals surface area contributed by atoms with Crippen molar-refractivity contribution in [2.45, 2.75) is 12.8 Å². The number of hydrogen-bond donors (Lipinski definition) is 2. The molecule has 1 aliphatic rings. The topological polar surface area (TPSA) is 99.9 Å². The van der Waals surface area contributed by atoms with Crippen LogP contribution in [-0.4, -0.2) is 22.1 Å². The summed E-state index contributed by atoms with van der Waals surface area (Å²) in [5.41, 5.74) is 16.7. The number of hydrogen-bond acceptors (Lipinski definition) is 6. The molecule has 4 rings (SSSR count). The third kappa shape index (κ3) is 1.84. The van der Waals surface area contributed by atoms with E-state index < -0.39 is 0 Å². The molecule has 110 valence electrons. The minimum Gasteiger partial charge on any atom is -0.497 e. The number of aryl methyl sites for hydroxylation is 2. The molecule has 0 spiro atoms. The van der Waals surface area contributed by atoms with E-state index in [1.807, 2.05) is 18.2 Å². The fourth-order valence-electron chi connectivity index (χ4n) is 2.96. The normalized spacial score (nSPS) is 12.8. The molecule has 0 unspecified atom stereocenters. The van der Waals surface area contributed by atoms with Crippen molar-refractivity contribution >= 4 is 22.8 Å². The summed E-state index contributed by atoms with van der Waals surface area (Å²) in [5, 5.41) is 0.726. The molecule has 1 aromatic carbocycles. The molecule has 22 heavy (non-hydrogen) atoms. The summed E-state index contributed by atoms with van der Waals surface area (Å²) in [6.07, 6.45) is 1.81. The van der Waals surface area contributed by atoms with Gasteiger partial charge in [0.2, 0.25) is 5.95 Å². The second-order valence-corrected chi connectivity index (χ2v) is 5.34. The van der Waals surface area contributed by atoms with Gasteiger partial charge < -0.3 is 16.2 Å². The number of benzene rings is 1. The highest BCUT2D eigenvalue weighted by Crippen LogP contribution is 2.37. The van der Waals surface area contributed by atoms with E-state index in [1.165, 1.54) is 5.56 Å². The number of fused-ring (bicyclic) bond motifs is 4. The van der Waals surface area contributed by atoms with Gasteiger partial charge in [-0.15, -0.1) is 0 Å². The van der Waals surface area contributed by atoms with E-state index >= 15 is 0 Å². The molecule has 2 aromatic heterocycles. The first-order valence-corrected chi connectivity index (χ1v) is 7.05. The van der Waals surface area contributed by atoms with Gasteiger partial charge in [-0.25, -0.2) is 4.98 Å². The predicted molar refractivity (Wildman–Crippen MR) is 85.6 cm³/mol. The number of aromatic nitrogens is 3. The van der Waals surface area contributed by atoms with Gasteiger partial charge in [0.1, 0.15) is 11.6 Å². The van der Waals surface area contributed by atoms with Crippen LogP contribution in [0, 0.1) is 0 Å². The molecule has 0 saturated carbocycles. The standard InChI is InChI=1S/C16H15N5O/c1-22-9-4-2-8-3-5-13-11(10(8)6-9)7-12-14(17)20-16(18)21-15(12)19-13/h2,4,6-7H,3,5H2,1H3,(H4,17,18,19,20,21). The van der Waals surface area contributed by atoms with Crippen molar-refractivity contribution in [3.8, 4) is 16.9 Å². The average Bonchev–Trinajstić information content (AvgIpc) is 2.52. The van der Waals surface area contributed by atoms with Gasteiger partial charge in [-0.2, -0.15) is 9.97 Å². The Morgan fingerprint density at radius 2 is 1.86 bits per heavy atom. The molecule has 2 heterocycles. The zero-order valence-corrected chi connectivity index (χ0v) is 12.1. The number of methoxy groups -OCH3 is 1. The lowest BCUT2D eigenvalue weighted by Crippen LogP contribution is -2.09. The Bertz CT molecular complexity index is 907. The Hall–Kier alpha value is -2.89. The molecule has 1 aliphatic carbocycles. The Morgan fingerprint density at radius 3 is 2.68 bits per heavy atom. The van der Waals surface area contributed by atoms with E-state index in [0.717, 1.165) is 40.8 Å². The third-order valence-corrected chi connectivity index (χ3v) is 4.05. The maximum Gasteiger partial charge on any atom is 0.224 e. The van der Waals surface area contributed by atoms with Crippen LogP contribution in [0.1, 0.15) is 11.3 Å². The molecule has 4 N–H and O–H groups in total. The van der Waals surface area contributed by atoms with Crippen LogP contribution in [0.3, 0.4) is 0 Å². The fraction of sp³-hybridized carbons (Fsp3) is 0.188. The number of nitrogens with two attached hydrogens (primary N) is 2. The lowest BCUT2D eigenvalue weighted by atomic mass is 9.88. The van der Waals surface area contributed by atoms with Crippen molar-refractivity contribution in [3.05, 3.63) is 35.5 Å². The van der Waals surface area contributed by atoms with Crippen LogP contribution >= 0.6 is 0 Å². The molecule has 0 aliphatic heterocycles. The highest BCUT2D eigenvalue weighted by atomic mass is 16.5. The number of nitrogen functional groups attached to an aromatic ring is 2. The number of ether oxygens (including phenoxy) is 1. The molecule has 6 heteroatoms. The molecule has 0 amide bonds. The van der Waals surface area contributed by atoms with Gasteiger partial charge in [-0.3, -0.25) is 0 Å². The minimum absolute atomic E-state index is 0.148. The first-order valence-electron chi connectivity index (χ1n) is 7.05. The lowest BCUT2D eigenvalue weighted by Gasteiger charge is -2.20. The summed E-state index contributed by atoms with van der Waals surface area (Å²) in [7, 11) is 1.67. The van der Waals surface area contributed by atoms with Crippen molar-refractivity contribution in [3.63, 3.8) is 0 Å². The van der Waals surface area contributed by atoms with Gasteiger partial charge in [-0.1, -0.05) is 6.07 Å². The molecule has 0 radical (unpaired) electrons. The predicted octanol–water partition coefficient (Wildman–Crippen LogP) is 1.96. The highest BCUT2D eigenvalue weighted by molar-refractivity contribution is 5.91. The molecule has 3 aromatic rings. The monoisotopic (exact) mass is 293 g/mol. The van der Waals surface area contributed by atoms with Crippen molar-refractivity contribution in [1.29, 1.82) is 0 Å². The summed E-state index contributed by atoms with van der Waals surface area (Å²) in [6.45, 7) is 0. The fourth-order valence-corrected chi connectivity index (χ4v) is 2.96. The number of anilines is 2. The van der Waals surface area contributed by atoms with E-state index in [0.29, 0.717) is 11.5 Å². The second-order valence-electron chi connectivity index (χ2n) is 5.34. The maximum atomic E-state index is 5.97. The summed E-state index contributed by atoms with van der Waals surface area (Å²) < 4.78 is 5.34. The Morgan fingerprint density at radius 1 is 1.00 bits per heavy atom. The lowest BCUT2D eigenvalue weighted by molar-refractivity contribution is 0.415. The molecular formula is C16H15N5O. The van der Waals surface area contributed by atoms with E-state index in [4.69, 9.17) is 16.2 Å². The van der Waals surface area contributed by atoms with Gasteiger partial charge in [0.25, 0.3) is 0 Å². The molecule has 0 atom stereocenters. The van der Waals surface area contributed by atoms with Crippen molar-refractivity contribution < 1.29 is 4.74 Å². The van der Waals surface area contributed by atoms with Gasteiger partial charge in [-0.05, 0) is 42.2 Å². The number of nitrogens with zero attached hydrogens (tertiary/aromatic N) is 3. The second kappa shape index (κ2) is 4.56.